The van der Waals surface area contributed by atoms with Gasteiger partial charge in [0.05, 0.1) is 6.26 Å². The molecule has 4 rings (SSSR count). The molecule has 0 radical (unpaired) electrons. The van der Waals surface area contributed by atoms with Gasteiger partial charge in [0.2, 0.25) is 0 Å². The highest BCUT2D eigenvalue weighted by atomic mass is 32.1. The van der Waals surface area contributed by atoms with Gasteiger partial charge in [-0.05, 0) is 48.5 Å². The number of hydrogen-bond acceptors (Lipinski definition) is 5. The Morgan fingerprint density at radius 3 is 2.44 bits per heavy atom. The number of amides is 1. The van der Waals surface area contributed by atoms with Gasteiger partial charge in [0, 0.05) is 18.1 Å². The summed E-state index contributed by atoms with van der Waals surface area (Å²) in [6, 6.07) is 20.5. The largest absolute Gasteiger partial charge is 0.462 e. The number of carbonyl (C=O) groups excluding carboxylic acids is 1. The monoisotopic (exact) mass is 376 g/mol. The van der Waals surface area contributed by atoms with E-state index < -0.39 is 0 Å². The number of hydrogen-bond donors (Lipinski definition) is 0. The number of benzene rings is 2. The molecular weight excluding hydrogens is 360 g/mol. The number of rotatable bonds is 5. The maximum absolute atomic E-state index is 12.7. The first-order valence-electron chi connectivity index (χ1n) is 8.31. The third kappa shape index (κ3) is 3.75. The summed E-state index contributed by atoms with van der Waals surface area (Å²) in [5.41, 5.74) is 1.14. The Kier molecular flexibility index (Phi) is 4.72. The number of ether oxygens (including phenoxy) is 1. The molecule has 27 heavy (non-hydrogen) atoms. The summed E-state index contributed by atoms with van der Waals surface area (Å²) >= 11 is 1.38. The molecule has 0 aliphatic rings. The van der Waals surface area contributed by atoms with E-state index >= 15 is 0 Å². The molecule has 0 spiro atoms. The van der Waals surface area contributed by atoms with Crippen molar-refractivity contribution in [2.24, 2.45) is 0 Å². The van der Waals surface area contributed by atoms with Crippen LogP contribution in [0.2, 0.25) is 0 Å². The highest BCUT2D eigenvalue weighted by molar-refractivity contribution is 7.13. The average Bonchev–Trinajstić information content (AvgIpc) is 3.40. The summed E-state index contributed by atoms with van der Waals surface area (Å²) in [5.74, 6) is 1.95. The van der Waals surface area contributed by atoms with Gasteiger partial charge in [0.15, 0.2) is 10.8 Å². The van der Waals surface area contributed by atoms with E-state index in [0.29, 0.717) is 22.2 Å². The number of furan rings is 1. The van der Waals surface area contributed by atoms with Crippen LogP contribution in [-0.4, -0.2) is 17.9 Å². The second-order valence-corrected chi connectivity index (χ2v) is 6.65. The lowest BCUT2D eigenvalue weighted by molar-refractivity contribution is 0.0989. The van der Waals surface area contributed by atoms with E-state index in [1.807, 2.05) is 60.7 Å². The van der Waals surface area contributed by atoms with Gasteiger partial charge in [-0.25, -0.2) is 4.98 Å². The predicted octanol–water partition coefficient (Wildman–Crippen LogP) is 5.47. The number of thiazole rings is 1. The molecule has 0 unspecified atom stereocenters. The first-order chi connectivity index (χ1) is 13.2. The van der Waals surface area contributed by atoms with Gasteiger partial charge in [-0.15, -0.1) is 11.3 Å². The van der Waals surface area contributed by atoms with E-state index in [1.54, 1.807) is 29.7 Å². The van der Waals surface area contributed by atoms with Gasteiger partial charge in [-0.2, -0.15) is 0 Å². The minimum Gasteiger partial charge on any atom is -0.462 e. The zero-order valence-corrected chi connectivity index (χ0v) is 15.3. The molecule has 0 bridgehead atoms. The van der Waals surface area contributed by atoms with E-state index in [1.165, 1.54) is 11.3 Å². The van der Waals surface area contributed by atoms with Crippen molar-refractivity contribution in [3.05, 3.63) is 84.1 Å². The molecule has 0 aliphatic carbocycles. The Morgan fingerprint density at radius 1 is 1.00 bits per heavy atom. The smallest absolute Gasteiger partial charge is 0.277 e. The van der Waals surface area contributed by atoms with Crippen LogP contribution in [-0.2, 0) is 0 Å². The maximum Gasteiger partial charge on any atom is 0.277 e. The first-order valence-corrected chi connectivity index (χ1v) is 9.19. The predicted molar refractivity (Wildman–Crippen MR) is 106 cm³/mol. The highest BCUT2D eigenvalue weighted by Crippen LogP contribution is 2.27. The second-order valence-electron chi connectivity index (χ2n) is 5.79. The van der Waals surface area contributed by atoms with Gasteiger partial charge in [0.1, 0.15) is 17.2 Å². The summed E-state index contributed by atoms with van der Waals surface area (Å²) in [5, 5.41) is 2.42. The number of carbonyl (C=O) groups is 1. The highest BCUT2D eigenvalue weighted by Gasteiger charge is 2.18. The quantitative estimate of drug-likeness (QED) is 0.463. The van der Waals surface area contributed by atoms with Crippen molar-refractivity contribution in [2.75, 3.05) is 11.9 Å². The molecule has 0 aliphatic heterocycles. The van der Waals surface area contributed by atoms with E-state index in [4.69, 9.17) is 9.15 Å². The van der Waals surface area contributed by atoms with Gasteiger partial charge in [0.25, 0.3) is 5.91 Å². The van der Waals surface area contributed by atoms with Gasteiger partial charge in [-0.3, -0.25) is 4.79 Å². The van der Waals surface area contributed by atoms with Crippen LogP contribution in [0.5, 0.6) is 11.5 Å². The molecule has 0 saturated carbocycles. The standard InChI is InChI=1S/C21H16N2O3S/c1-23(21(24)18-14-27-20(22-18)19-8-5-13-25-19)15-9-11-17(12-10-15)26-16-6-3-2-4-7-16/h2-14H,1H3. The van der Waals surface area contributed by atoms with Crippen LogP contribution in [0.3, 0.4) is 0 Å². The lowest BCUT2D eigenvalue weighted by atomic mass is 10.2. The number of para-hydroxylation sites is 1. The number of anilines is 1. The van der Waals surface area contributed by atoms with Crippen molar-refractivity contribution in [2.45, 2.75) is 0 Å². The number of aromatic nitrogens is 1. The van der Waals surface area contributed by atoms with Crippen LogP contribution in [0.25, 0.3) is 10.8 Å². The molecule has 4 aromatic rings. The Balaban J connectivity index is 1.47. The van der Waals surface area contributed by atoms with Gasteiger partial charge in [-0.1, -0.05) is 18.2 Å². The summed E-state index contributed by atoms with van der Waals surface area (Å²) < 4.78 is 11.1. The Bertz CT molecular complexity index is 1030. The summed E-state index contributed by atoms with van der Waals surface area (Å²) in [4.78, 5) is 18.7. The molecule has 0 fully saturated rings. The van der Waals surface area contributed by atoms with Crippen LogP contribution in [0.4, 0.5) is 5.69 Å². The zero-order valence-electron chi connectivity index (χ0n) is 14.5. The maximum atomic E-state index is 12.7. The van der Waals surface area contributed by atoms with Crippen LogP contribution < -0.4 is 9.64 Å². The van der Waals surface area contributed by atoms with Crippen molar-refractivity contribution >= 4 is 22.9 Å². The molecule has 2 heterocycles. The molecule has 134 valence electrons. The SMILES string of the molecule is CN(C(=O)c1csc(-c2ccco2)n1)c1ccc(Oc2ccccc2)cc1. The average molecular weight is 376 g/mol. The fourth-order valence-electron chi connectivity index (χ4n) is 2.54. The summed E-state index contributed by atoms with van der Waals surface area (Å²) in [7, 11) is 1.72. The van der Waals surface area contributed by atoms with Crippen molar-refractivity contribution in [1.29, 1.82) is 0 Å². The van der Waals surface area contributed by atoms with E-state index in [-0.39, 0.29) is 5.91 Å². The fraction of sp³-hybridized carbons (Fsp3) is 0.0476. The normalized spacial score (nSPS) is 10.6. The van der Waals surface area contributed by atoms with Crippen molar-refractivity contribution in [3.63, 3.8) is 0 Å². The minimum absolute atomic E-state index is 0.180. The Hall–Kier alpha value is -3.38. The van der Waals surface area contributed by atoms with Crippen LogP contribution >= 0.6 is 11.3 Å². The third-order valence-corrected chi connectivity index (χ3v) is 4.82. The lowest BCUT2D eigenvalue weighted by Gasteiger charge is -2.16. The Morgan fingerprint density at radius 2 is 1.74 bits per heavy atom. The van der Waals surface area contributed by atoms with Crippen LogP contribution in [0.15, 0.2) is 82.8 Å². The van der Waals surface area contributed by atoms with E-state index in [9.17, 15) is 4.79 Å². The van der Waals surface area contributed by atoms with Crippen molar-refractivity contribution < 1.29 is 13.9 Å². The van der Waals surface area contributed by atoms with Gasteiger partial charge < -0.3 is 14.1 Å². The molecule has 0 saturated heterocycles. The third-order valence-electron chi connectivity index (χ3n) is 3.96. The molecule has 2 aromatic heterocycles. The molecule has 6 heteroatoms. The van der Waals surface area contributed by atoms with Crippen LogP contribution in [0.1, 0.15) is 10.5 Å². The molecule has 5 nitrogen and oxygen atoms in total. The molecule has 0 N–H and O–H groups in total. The van der Waals surface area contributed by atoms with E-state index in [0.717, 1.165) is 11.4 Å². The summed E-state index contributed by atoms with van der Waals surface area (Å²) in [6.45, 7) is 0. The molecule has 1 amide bonds. The Labute approximate surface area is 160 Å². The van der Waals surface area contributed by atoms with Gasteiger partial charge >= 0.3 is 0 Å². The second kappa shape index (κ2) is 7.47. The van der Waals surface area contributed by atoms with Crippen molar-refractivity contribution in [3.8, 4) is 22.3 Å². The van der Waals surface area contributed by atoms with Crippen LogP contribution in [0, 0.1) is 0 Å². The molecular formula is C21H16N2O3S. The topological polar surface area (TPSA) is 55.6 Å². The van der Waals surface area contributed by atoms with E-state index in [2.05, 4.69) is 4.98 Å². The minimum atomic E-state index is -0.180. The molecule has 2 aromatic carbocycles. The van der Waals surface area contributed by atoms with Crippen molar-refractivity contribution in [1.82, 2.24) is 4.98 Å². The fourth-order valence-corrected chi connectivity index (χ4v) is 3.30. The molecule has 0 atom stereocenters. The zero-order chi connectivity index (χ0) is 18.6. The first kappa shape index (κ1) is 17.1. The number of nitrogens with zero attached hydrogens (tertiary/aromatic N) is 2. The lowest BCUT2D eigenvalue weighted by Crippen LogP contribution is -2.26. The summed E-state index contributed by atoms with van der Waals surface area (Å²) in [6.07, 6.45) is 1.59.